The Hall–Kier alpha value is -4.58. The minimum absolute atomic E-state index is 0. The molecular formula is C42H34N2P2Pt. The number of hydrogen-bond donors (Lipinski definition) is 0. The number of allylic oxidation sites excluding steroid dienone is 2. The van der Waals surface area contributed by atoms with Gasteiger partial charge >= 0.3 is 21.1 Å². The predicted octanol–water partition coefficient (Wildman–Crippen LogP) is 7.95. The van der Waals surface area contributed by atoms with Crippen LogP contribution in [0.1, 0.15) is 0 Å². The third kappa shape index (κ3) is 11.3. The Kier molecular flexibility index (Phi) is 16.1. The van der Waals surface area contributed by atoms with Crippen LogP contribution in [0.2, 0.25) is 0 Å². The zero-order valence-corrected chi connectivity index (χ0v) is 29.9. The SMILES string of the molecule is C=C([CH2-])C(=C=[N-])C#N.[Pt+2].c1ccc(P(c2ccccc2)c2ccccc2)cc1.c1ccc(P(c2ccccc2)c2ccccc2)cc1. The van der Waals surface area contributed by atoms with Crippen LogP contribution < -0.4 is 31.8 Å². The van der Waals surface area contributed by atoms with Gasteiger partial charge in [-0.1, -0.05) is 182 Å². The van der Waals surface area contributed by atoms with Crippen molar-refractivity contribution in [2.45, 2.75) is 0 Å². The van der Waals surface area contributed by atoms with E-state index in [4.69, 9.17) is 10.7 Å². The van der Waals surface area contributed by atoms with Gasteiger partial charge in [0.15, 0.2) is 0 Å². The first-order valence-corrected chi connectivity index (χ1v) is 17.4. The molecule has 0 atom stereocenters. The number of hydrogen-bond acceptors (Lipinski definition) is 1. The first-order valence-electron chi connectivity index (χ1n) is 14.7. The molecule has 47 heavy (non-hydrogen) atoms. The van der Waals surface area contributed by atoms with Crippen LogP contribution in [0.3, 0.4) is 0 Å². The van der Waals surface area contributed by atoms with E-state index in [-0.39, 0.29) is 32.2 Å². The van der Waals surface area contributed by atoms with Gasteiger partial charge in [-0.3, -0.25) is 0 Å². The van der Waals surface area contributed by atoms with Crippen molar-refractivity contribution in [2.24, 2.45) is 0 Å². The van der Waals surface area contributed by atoms with Crippen molar-refractivity contribution in [3.63, 3.8) is 0 Å². The molecule has 0 aromatic heterocycles. The second-order valence-electron chi connectivity index (χ2n) is 9.89. The standard InChI is InChI=1S/2C18H15P.C6H4N2.Pt/c2*1-4-10-16(11-5-1)19(17-12-6-2-7-13-17)18-14-8-3-9-15-18;1-5(2)6(3-7)4-8;/h2*1-15H;1-2H2;/q;;-2;+2. The van der Waals surface area contributed by atoms with Crippen LogP contribution in [0.4, 0.5) is 0 Å². The van der Waals surface area contributed by atoms with Crippen molar-refractivity contribution in [1.29, 1.82) is 5.26 Å². The fourth-order valence-electron chi connectivity index (χ4n) is 4.54. The van der Waals surface area contributed by atoms with Crippen LogP contribution in [0, 0.1) is 18.3 Å². The summed E-state index contributed by atoms with van der Waals surface area (Å²) in [5.74, 6) is 1.64. The van der Waals surface area contributed by atoms with Gasteiger partial charge in [-0.2, -0.15) is 19.1 Å². The van der Waals surface area contributed by atoms with Crippen LogP contribution in [0.15, 0.2) is 200 Å². The third-order valence-electron chi connectivity index (χ3n) is 6.66. The molecule has 232 valence electrons. The van der Waals surface area contributed by atoms with Gasteiger partial charge in [0.1, 0.15) is 0 Å². The van der Waals surface area contributed by atoms with E-state index in [1.165, 1.54) is 31.8 Å². The molecule has 0 radical (unpaired) electrons. The van der Waals surface area contributed by atoms with Crippen LogP contribution in [-0.4, -0.2) is 5.87 Å². The van der Waals surface area contributed by atoms with Crippen LogP contribution in [-0.2, 0) is 21.1 Å². The maximum Gasteiger partial charge on any atom is 2.00 e. The second kappa shape index (κ2) is 20.5. The number of nitriles is 1. The van der Waals surface area contributed by atoms with Gasteiger partial charge in [-0.05, 0) is 53.2 Å². The van der Waals surface area contributed by atoms with Gasteiger partial charge in [0.2, 0.25) is 0 Å². The summed E-state index contributed by atoms with van der Waals surface area (Å²) in [6.07, 6.45) is 0. The molecule has 5 heteroatoms. The third-order valence-corrected chi connectivity index (χ3v) is 11.6. The Morgan fingerprint density at radius 3 is 0.766 bits per heavy atom. The maximum atomic E-state index is 8.09. The molecule has 0 fully saturated rings. The predicted molar refractivity (Wildman–Crippen MR) is 202 cm³/mol. The Balaban J connectivity index is 0.000000206. The molecular weight excluding hydrogens is 790 g/mol. The fraction of sp³-hybridized carbons (Fsp3) is 0. The summed E-state index contributed by atoms with van der Waals surface area (Å²) in [4.78, 5) is 0. The largest absolute Gasteiger partial charge is 2.00 e. The van der Waals surface area contributed by atoms with Crippen molar-refractivity contribution in [1.82, 2.24) is 0 Å². The van der Waals surface area contributed by atoms with E-state index in [2.05, 4.69) is 195 Å². The molecule has 0 spiro atoms. The van der Waals surface area contributed by atoms with Crippen molar-refractivity contribution in [3.8, 4) is 6.07 Å². The molecule has 0 amide bonds. The van der Waals surface area contributed by atoms with Gasteiger partial charge in [0.25, 0.3) is 0 Å². The Morgan fingerprint density at radius 2 is 0.660 bits per heavy atom. The molecule has 0 saturated heterocycles. The molecule has 0 aliphatic heterocycles. The van der Waals surface area contributed by atoms with Gasteiger partial charge < -0.3 is 11.3 Å². The minimum atomic E-state index is -0.446. The maximum absolute atomic E-state index is 8.09. The number of benzene rings is 6. The smallest absolute Gasteiger partial charge is 0.775 e. The van der Waals surface area contributed by atoms with E-state index in [1.54, 1.807) is 11.9 Å². The van der Waals surface area contributed by atoms with Crippen LogP contribution >= 0.6 is 15.8 Å². The van der Waals surface area contributed by atoms with Crippen molar-refractivity contribution in [3.05, 3.63) is 212 Å². The Labute approximate surface area is 296 Å². The van der Waals surface area contributed by atoms with Crippen molar-refractivity contribution >= 4 is 53.5 Å². The first kappa shape index (κ1) is 36.9. The molecule has 2 nitrogen and oxygen atoms in total. The molecule has 0 aliphatic rings. The summed E-state index contributed by atoms with van der Waals surface area (Å²) in [6.45, 7) is 6.61. The fourth-order valence-corrected chi connectivity index (χ4v) is 9.15. The van der Waals surface area contributed by atoms with Gasteiger partial charge in [-0.25, -0.2) is 5.26 Å². The molecule has 6 aromatic rings. The summed E-state index contributed by atoms with van der Waals surface area (Å²) < 4.78 is 0. The summed E-state index contributed by atoms with van der Waals surface area (Å²) >= 11 is 0. The van der Waals surface area contributed by atoms with E-state index < -0.39 is 15.8 Å². The number of rotatable bonds is 7. The molecule has 0 heterocycles. The molecule has 0 bridgehead atoms. The van der Waals surface area contributed by atoms with Crippen molar-refractivity contribution < 1.29 is 21.1 Å². The monoisotopic (exact) mass is 823 g/mol. The molecule has 0 saturated carbocycles. The average molecular weight is 824 g/mol. The van der Waals surface area contributed by atoms with E-state index in [9.17, 15) is 0 Å². The van der Waals surface area contributed by atoms with Gasteiger partial charge in [0.05, 0.1) is 0 Å². The minimum Gasteiger partial charge on any atom is -0.775 e. The first-order chi connectivity index (χ1) is 22.6. The molecule has 0 aliphatic carbocycles. The summed E-state index contributed by atoms with van der Waals surface area (Å²) in [7, 11) is -0.892. The van der Waals surface area contributed by atoms with Crippen LogP contribution in [0.5, 0.6) is 0 Å². The molecule has 6 rings (SSSR count). The zero-order valence-electron chi connectivity index (χ0n) is 25.8. The van der Waals surface area contributed by atoms with E-state index >= 15 is 0 Å². The van der Waals surface area contributed by atoms with E-state index in [0.717, 1.165) is 0 Å². The average Bonchev–Trinajstić information content (AvgIpc) is 3.12. The quantitative estimate of drug-likeness (QED) is 0.0531. The number of nitrogens with zero attached hydrogens (tertiary/aromatic N) is 2. The second-order valence-corrected chi connectivity index (χ2v) is 14.3. The van der Waals surface area contributed by atoms with E-state index in [1.807, 2.05) is 0 Å². The Morgan fingerprint density at radius 1 is 0.468 bits per heavy atom. The normalized spacial score (nSPS) is 9.64. The topological polar surface area (TPSA) is 46.1 Å². The van der Waals surface area contributed by atoms with Crippen molar-refractivity contribution in [2.75, 3.05) is 0 Å². The van der Waals surface area contributed by atoms with Gasteiger partial charge in [-0.15, -0.1) is 0 Å². The summed E-state index contributed by atoms with van der Waals surface area (Å²) in [6, 6.07) is 66.3. The van der Waals surface area contributed by atoms with E-state index in [0.29, 0.717) is 0 Å². The zero-order chi connectivity index (χ0) is 32.4. The summed E-state index contributed by atoms with van der Waals surface area (Å²) in [5.41, 5.74) is 0.264. The summed E-state index contributed by atoms with van der Waals surface area (Å²) in [5, 5.41) is 24.6. The molecule has 0 N–H and O–H groups in total. The van der Waals surface area contributed by atoms with Gasteiger partial charge in [0, 0.05) is 6.07 Å². The van der Waals surface area contributed by atoms with Crippen LogP contribution in [0.25, 0.3) is 5.41 Å². The molecule has 0 unspecified atom stereocenters. The Bertz CT molecular complexity index is 1550. The molecule has 6 aromatic carbocycles.